The minimum atomic E-state index is -2.94. The van der Waals surface area contributed by atoms with Gasteiger partial charge in [0.25, 0.3) is 5.91 Å². The molecule has 2 amide bonds. The van der Waals surface area contributed by atoms with Gasteiger partial charge in [0.15, 0.2) is 5.16 Å². The maximum atomic E-state index is 12.2. The van der Waals surface area contributed by atoms with Crippen LogP contribution < -0.4 is 10.1 Å². The number of alkyl halides is 2. The number of rotatable bonds is 7. The van der Waals surface area contributed by atoms with Crippen LogP contribution in [0.5, 0.6) is 5.75 Å². The average Bonchev–Trinajstić information content (AvgIpc) is 3.16. The summed E-state index contributed by atoms with van der Waals surface area (Å²) < 4.78 is 30.5. The zero-order valence-electron chi connectivity index (χ0n) is 16.3. The Kier molecular flexibility index (Phi) is 6.83. The van der Waals surface area contributed by atoms with E-state index in [1.807, 2.05) is 42.8 Å². The van der Waals surface area contributed by atoms with Crippen LogP contribution in [0.15, 0.2) is 60.0 Å². The molecule has 1 N–H and O–H groups in total. The molecule has 0 aliphatic rings. The molecule has 0 saturated carbocycles. The van der Waals surface area contributed by atoms with E-state index >= 15 is 0 Å². The van der Waals surface area contributed by atoms with E-state index in [0.29, 0.717) is 5.16 Å². The lowest BCUT2D eigenvalue weighted by molar-refractivity contribution is -0.117. The second-order valence-electron chi connectivity index (χ2n) is 6.44. The summed E-state index contributed by atoms with van der Waals surface area (Å²) in [5, 5.41) is 2.90. The van der Waals surface area contributed by atoms with Crippen LogP contribution in [0.2, 0.25) is 0 Å². The van der Waals surface area contributed by atoms with Gasteiger partial charge in [0.1, 0.15) is 5.75 Å². The summed E-state index contributed by atoms with van der Waals surface area (Å²) in [6.07, 6.45) is 3.46. The van der Waals surface area contributed by atoms with Crippen molar-refractivity contribution in [2.45, 2.75) is 25.6 Å². The molecule has 6 nitrogen and oxygen atoms in total. The van der Waals surface area contributed by atoms with E-state index < -0.39 is 18.4 Å². The first-order chi connectivity index (χ1) is 14.3. The lowest BCUT2D eigenvalue weighted by Crippen LogP contribution is -2.31. The van der Waals surface area contributed by atoms with Gasteiger partial charge in [-0.05, 0) is 55.3 Å². The lowest BCUT2D eigenvalue weighted by Gasteiger charge is -2.11. The molecule has 3 aromatic rings. The largest absolute Gasteiger partial charge is 0.435 e. The average molecular weight is 431 g/mol. The van der Waals surface area contributed by atoms with E-state index in [1.54, 1.807) is 6.20 Å². The van der Waals surface area contributed by atoms with Crippen molar-refractivity contribution in [3.63, 3.8) is 0 Å². The first-order valence-electron chi connectivity index (χ1n) is 8.96. The highest BCUT2D eigenvalue weighted by Crippen LogP contribution is 2.23. The molecule has 0 aliphatic carbocycles. The number of imide groups is 1. The molecule has 0 atom stereocenters. The standard InChI is InChI=1S/C21H19F2N3O3S/c1-13-3-4-14(2)17(11-13)26-10-9-24-21(26)30-12-18(27)25-19(28)15-5-7-16(8-6-15)29-20(22)23/h3-11,20H,12H2,1-2H3,(H,25,27,28). The van der Waals surface area contributed by atoms with E-state index in [0.717, 1.165) is 16.8 Å². The molecule has 0 bridgehead atoms. The van der Waals surface area contributed by atoms with Crippen molar-refractivity contribution in [3.05, 3.63) is 71.5 Å². The van der Waals surface area contributed by atoms with Gasteiger partial charge in [-0.15, -0.1) is 0 Å². The maximum Gasteiger partial charge on any atom is 0.387 e. The number of amides is 2. The molecule has 3 rings (SSSR count). The third-order valence-corrected chi connectivity index (χ3v) is 5.12. The lowest BCUT2D eigenvalue weighted by atomic mass is 10.1. The molecule has 30 heavy (non-hydrogen) atoms. The van der Waals surface area contributed by atoms with E-state index in [4.69, 9.17) is 0 Å². The van der Waals surface area contributed by atoms with Crippen LogP contribution in [-0.2, 0) is 4.79 Å². The number of aromatic nitrogens is 2. The molecular formula is C21H19F2N3O3S. The minimum Gasteiger partial charge on any atom is -0.435 e. The summed E-state index contributed by atoms with van der Waals surface area (Å²) in [7, 11) is 0. The zero-order chi connectivity index (χ0) is 21.7. The molecule has 9 heteroatoms. The summed E-state index contributed by atoms with van der Waals surface area (Å²) in [6, 6.07) is 11.2. The molecule has 0 spiro atoms. The molecular weight excluding hydrogens is 412 g/mol. The Bertz CT molecular complexity index is 1050. The summed E-state index contributed by atoms with van der Waals surface area (Å²) in [5.41, 5.74) is 3.30. The van der Waals surface area contributed by atoms with Crippen LogP contribution in [0.25, 0.3) is 5.69 Å². The molecule has 0 radical (unpaired) electrons. The van der Waals surface area contributed by atoms with Crippen molar-refractivity contribution in [2.24, 2.45) is 0 Å². The van der Waals surface area contributed by atoms with Gasteiger partial charge in [0.05, 0.1) is 11.4 Å². The fraction of sp³-hybridized carbons (Fsp3) is 0.190. The molecule has 1 heterocycles. The van der Waals surface area contributed by atoms with Crippen LogP contribution in [0.1, 0.15) is 21.5 Å². The Morgan fingerprint density at radius 2 is 1.90 bits per heavy atom. The summed E-state index contributed by atoms with van der Waals surface area (Å²) in [5.74, 6) is -1.20. The second-order valence-corrected chi connectivity index (χ2v) is 7.38. The number of aryl methyl sites for hydroxylation is 2. The van der Waals surface area contributed by atoms with Gasteiger partial charge in [-0.2, -0.15) is 8.78 Å². The van der Waals surface area contributed by atoms with E-state index in [-0.39, 0.29) is 17.1 Å². The highest BCUT2D eigenvalue weighted by Gasteiger charge is 2.14. The van der Waals surface area contributed by atoms with Gasteiger partial charge < -0.3 is 4.74 Å². The Balaban J connectivity index is 1.60. The van der Waals surface area contributed by atoms with Crippen molar-refractivity contribution >= 4 is 23.6 Å². The summed E-state index contributed by atoms with van der Waals surface area (Å²) in [6.45, 7) is 1.05. The Hall–Kier alpha value is -3.20. The normalized spacial score (nSPS) is 10.8. The third kappa shape index (κ3) is 5.44. The van der Waals surface area contributed by atoms with Gasteiger partial charge in [0.2, 0.25) is 5.91 Å². The summed E-state index contributed by atoms with van der Waals surface area (Å²) >= 11 is 1.20. The highest BCUT2D eigenvalue weighted by atomic mass is 32.2. The predicted molar refractivity (Wildman–Crippen MR) is 109 cm³/mol. The SMILES string of the molecule is Cc1ccc(C)c(-n2ccnc2SCC(=O)NC(=O)c2ccc(OC(F)F)cc2)c1. The van der Waals surface area contributed by atoms with Gasteiger partial charge in [-0.1, -0.05) is 23.9 Å². The van der Waals surface area contributed by atoms with Crippen molar-refractivity contribution < 1.29 is 23.1 Å². The Labute approximate surface area is 176 Å². The molecule has 2 aromatic carbocycles. The minimum absolute atomic E-state index is 0.0137. The monoisotopic (exact) mass is 431 g/mol. The molecule has 1 aromatic heterocycles. The highest BCUT2D eigenvalue weighted by molar-refractivity contribution is 7.99. The van der Waals surface area contributed by atoms with Crippen LogP contribution in [0.3, 0.4) is 0 Å². The molecule has 0 saturated heterocycles. The number of thioether (sulfide) groups is 1. The quantitative estimate of drug-likeness (QED) is 0.569. The first-order valence-corrected chi connectivity index (χ1v) is 9.95. The van der Waals surface area contributed by atoms with Gasteiger partial charge in [0, 0.05) is 18.0 Å². The number of hydrogen-bond donors (Lipinski definition) is 1. The number of nitrogens with one attached hydrogen (secondary N) is 1. The number of carbonyl (C=O) groups is 2. The topological polar surface area (TPSA) is 73.2 Å². The number of imidazole rings is 1. The van der Waals surface area contributed by atoms with Crippen molar-refractivity contribution in [3.8, 4) is 11.4 Å². The fourth-order valence-corrected chi connectivity index (χ4v) is 3.48. The summed E-state index contributed by atoms with van der Waals surface area (Å²) in [4.78, 5) is 28.7. The molecule has 156 valence electrons. The number of ether oxygens (including phenoxy) is 1. The van der Waals surface area contributed by atoms with Crippen molar-refractivity contribution in [2.75, 3.05) is 5.75 Å². The number of halogens is 2. The number of benzene rings is 2. The van der Waals surface area contributed by atoms with Crippen LogP contribution in [0, 0.1) is 13.8 Å². The maximum absolute atomic E-state index is 12.2. The molecule has 0 fully saturated rings. The van der Waals surface area contributed by atoms with Gasteiger partial charge >= 0.3 is 6.61 Å². The van der Waals surface area contributed by atoms with Crippen molar-refractivity contribution in [1.29, 1.82) is 0 Å². The Morgan fingerprint density at radius 1 is 1.17 bits per heavy atom. The third-order valence-electron chi connectivity index (χ3n) is 4.16. The van der Waals surface area contributed by atoms with Crippen molar-refractivity contribution in [1.82, 2.24) is 14.9 Å². The fourth-order valence-electron chi connectivity index (χ4n) is 2.71. The zero-order valence-corrected chi connectivity index (χ0v) is 17.1. The molecule has 0 aliphatic heterocycles. The van der Waals surface area contributed by atoms with Crippen LogP contribution >= 0.6 is 11.8 Å². The van der Waals surface area contributed by atoms with Gasteiger partial charge in [-0.3, -0.25) is 19.5 Å². The van der Waals surface area contributed by atoms with Crippen LogP contribution in [-0.4, -0.2) is 33.7 Å². The van der Waals surface area contributed by atoms with E-state index in [1.165, 1.54) is 36.0 Å². The smallest absolute Gasteiger partial charge is 0.387 e. The number of hydrogen-bond acceptors (Lipinski definition) is 5. The van der Waals surface area contributed by atoms with E-state index in [2.05, 4.69) is 15.0 Å². The predicted octanol–water partition coefficient (Wildman–Crippen LogP) is 4.14. The number of nitrogens with zero attached hydrogens (tertiary/aromatic N) is 2. The molecule has 0 unspecified atom stereocenters. The number of carbonyl (C=O) groups excluding carboxylic acids is 2. The van der Waals surface area contributed by atoms with E-state index in [9.17, 15) is 18.4 Å². The first kappa shape index (κ1) is 21.5. The Morgan fingerprint density at radius 3 is 2.60 bits per heavy atom. The van der Waals surface area contributed by atoms with Crippen LogP contribution in [0.4, 0.5) is 8.78 Å². The van der Waals surface area contributed by atoms with Gasteiger partial charge in [-0.25, -0.2) is 4.98 Å². The second kappa shape index (κ2) is 9.53.